The zero-order chi connectivity index (χ0) is 21.5. The molecule has 4 heterocycles. The molecule has 4 rings (SSSR count). The van der Waals surface area contributed by atoms with Crippen LogP contribution in [0.5, 0.6) is 0 Å². The molecule has 30 heavy (non-hydrogen) atoms. The van der Waals surface area contributed by atoms with Gasteiger partial charge in [0.25, 0.3) is 0 Å². The monoisotopic (exact) mass is 420 g/mol. The van der Waals surface area contributed by atoms with E-state index in [0.717, 1.165) is 24.9 Å². The fraction of sp³-hybridized carbons (Fsp3) is 0.474. The number of rotatable bonds is 4. The number of halogens is 3. The molecule has 1 saturated heterocycles. The molecular weight excluding hydrogens is 397 g/mol. The molecule has 3 aromatic rings. The van der Waals surface area contributed by atoms with Gasteiger partial charge in [-0.15, -0.1) is 0 Å². The standard InChI is InChI=1S/C19H23F3N8/c1-27(2)18-24-7-6-15(26-18)28(3)13-5-4-9-29(11-13)16-17-25-14(19(20,21)22)12-30(17)10-8-23-16/h6-8,10,12-13H,4-5,9,11H2,1-3H3. The number of aromatic nitrogens is 5. The van der Waals surface area contributed by atoms with Crippen molar-refractivity contribution in [1.82, 2.24) is 24.3 Å². The lowest BCUT2D eigenvalue weighted by molar-refractivity contribution is -0.140. The number of piperidine rings is 1. The van der Waals surface area contributed by atoms with Gasteiger partial charge in [-0.25, -0.2) is 15.0 Å². The summed E-state index contributed by atoms with van der Waals surface area (Å²) in [5, 5.41) is 0. The van der Waals surface area contributed by atoms with E-state index in [2.05, 4.69) is 24.8 Å². The number of nitrogens with zero attached hydrogens (tertiary/aromatic N) is 8. The van der Waals surface area contributed by atoms with Crippen molar-refractivity contribution >= 4 is 23.2 Å². The van der Waals surface area contributed by atoms with Gasteiger partial charge in [-0.3, -0.25) is 0 Å². The van der Waals surface area contributed by atoms with Crippen molar-refractivity contribution in [3.8, 4) is 0 Å². The Bertz CT molecular complexity index is 1030. The lowest BCUT2D eigenvalue weighted by Crippen LogP contribution is -2.47. The minimum absolute atomic E-state index is 0.128. The third kappa shape index (κ3) is 3.83. The third-order valence-electron chi connectivity index (χ3n) is 5.28. The van der Waals surface area contributed by atoms with E-state index < -0.39 is 11.9 Å². The lowest BCUT2D eigenvalue weighted by atomic mass is 10.0. The molecule has 1 unspecified atom stereocenters. The second-order valence-corrected chi connectivity index (χ2v) is 7.57. The molecule has 1 aliphatic heterocycles. The van der Waals surface area contributed by atoms with E-state index in [4.69, 9.17) is 0 Å². The van der Waals surface area contributed by atoms with Crippen LogP contribution in [0.25, 0.3) is 5.65 Å². The van der Waals surface area contributed by atoms with Crippen molar-refractivity contribution in [3.63, 3.8) is 0 Å². The van der Waals surface area contributed by atoms with Gasteiger partial charge < -0.3 is 19.1 Å². The summed E-state index contributed by atoms with van der Waals surface area (Å²) in [6, 6.07) is 1.98. The average Bonchev–Trinajstić information content (AvgIpc) is 3.18. The minimum atomic E-state index is -4.49. The molecule has 8 nitrogen and oxygen atoms in total. The van der Waals surface area contributed by atoms with E-state index in [1.54, 1.807) is 6.20 Å². The van der Waals surface area contributed by atoms with Crippen LogP contribution in [0.3, 0.4) is 0 Å². The largest absolute Gasteiger partial charge is 0.434 e. The molecule has 160 valence electrons. The van der Waals surface area contributed by atoms with Crippen LogP contribution in [0, 0.1) is 0 Å². The van der Waals surface area contributed by atoms with Crippen molar-refractivity contribution in [1.29, 1.82) is 0 Å². The van der Waals surface area contributed by atoms with Crippen molar-refractivity contribution in [2.75, 3.05) is 48.9 Å². The first-order valence-corrected chi connectivity index (χ1v) is 9.63. The maximum atomic E-state index is 13.1. The Labute approximate surface area is 172 Å². The number of hydrogen-bond acceptors (Lipinski definition) is 7. The van der Waals surface area contributed by atoms with Gasteiger partial charge in [-0.2, -0.15) is 18.2 Å². The number of fused-ring (bicyclic) bond motifs is 1. The molecule has 11 heteroatoms. The van der Waals surface area contributed by atoms with E-state index in [1.807, 2.05) is 37.0 Å². The molecule has 0 bridgehead atoms. The summed E-state index contributed by atoms with van der Waals surface area (Å²) >= 11 is 0. The van der Waals surface area contributed by atoms with E-state index in [-0.39, 0.29) is 11.7 Å². The Balaban J connectivity index is 1.60. The fourth-order valence-electron chi connectivity index (χ4n) is 3.67. The Morgan fingerprint density at radius 1 is 1.10 bits per heavy atom. The summed E-state index contributed by atoms with van der Waals surface area (Å²) in [7, 11) is 5.74. The van der Waals surface area contributed by atoms with Gasteiger partial charge in [-0.1, -0.05) is 0 Å². The average molecular weight is 420 g/mol. The molecule has 0 amide bonds. The van der Waals surface area contributed by atoms with Gasteiger partial charge in [0, 0.05) is 65.1 Å². The summed E-state index contributed by atoms with van der Waals surface area (Å²) in [5.41, 5.74) is -0.704. The predicted octanol–water partition coefficient (Wildman–Crippen LogP) is 2.71. The van der Waals surface area contributed by atoms with Crippen LogP contribution in [0.2, 0.25) is 0 Å². The fourth-order valence-corrected chi connectivity index (χ4v) is 3.67. The molecule has 1 atom stereocenters. The Kier molecular flexibility index (Phi) is 5.12. The SMILES string of the molecule is CN(C)c1nccc(N(C)C2CCCN(c3nccn4cc(C(F)(F)F)nc34)C2)n1. The maximum absolute atomic E-state index is 13.1. The Morgan fingerprint density at radius 3 is 2.63 bits per heavy atom. The molecule has 0 N–H and O–H groups in total. The van der Waals surface area contributed by atoms with Crippen LogP contribution in [-0.2, 0) is 6.18 Å². The number of alkyl halides is 3. The second kappa shape index (κ2) is 7.62. The predicted molar refractivity (Wildman–Crippen MR) is 108 cm³/mol. The molecule has 0 spiro atoms. The highest BCUT2D eigenvalue weighted by molar-refractivity contribution is 5.65. The molecular formula is C19H23F3N8. The van der Waals surface area contributed by atoms with Crippen LogP contribution in [-0.4, -0.2) is 64.6 Å². The maximum Gasteiger partial charge on any atom is 0.434 e. The number of imidazole rings is 1. The van der Waals surface area contributed by atoms with Crippen LogP contribution in [0.15, 0.2) is 30.9 Å². The van der Waals surface area contributed by atoms with E-state index in [1.165, 1.54) is 16.8 Å². The van der Waals surface area contributed by atoms with Crippen molar-refractivity contribution in [3.05, 3.63) is 36.5 Å². The first-order valence-electron chi connectivity index (χ1n) is 9.63. The summed E-state index contributed by atoms with van der Waals surface area (Å²) in [6.45, 7) is 1.32. The molecule has 0 aliphatic carbocycles. The molecule has 3 aromatic heterocycles. The van der Waals surface area contributed by atoms with E-state index in [9.17, 15) is 13.2 Å². The first-order chi connectivity index (χ1) is 14.2. The molecule has 0 aromatic carbocycles. The highest BCUT2D eigenvalue weighted by atomic mass is 19.4. The Hall–Kier alpha value is -3.11. The second-order valence-electron chi connectivity index (χ2n) is 7.57. The van der Waals surface area contributed by atoms with E-state index in [0.29, 0.717) is 24.9 Å². The molecule has 0 saturated carbocycles. The van der Waals surface area contributed by atoms with Crippen LogP contribution < -0.4 is 14.7 Å². The molecule has 1 fully saturated rings. The highest BCUT2D eigenvalue weighted by Crippen LogP contribution is 2.31. The van der Waals surface area contributed by atoms with Crippen molar-refractivity contribution in [2.24, 2.45) is 0 Å². The van der Waals surface area contributed by atoms with Crippen LogP contribution in [0.1, 0.15) is 18.5 Å². The summed E-state index contributed by atoms with van der Waals surface area (Å²) < 4.78 is 40.7. The summed E-state index contributed by atoms with van der Waals surface area (Å²) in [4.78, 5) is 22.9. The summed E-state index contributed by atoms with van der Waals surface area (Å²) in [6.07, 6.45) is 3.04. The molecule has 1 aliphatic rings. The lowest BCUT2D eigenvalue weighted by Gasteiger charge is -2.38. The van der Waals surface area contributed by atoms with Crippen molar-refractivity contribution < 1.29 is 13.2 Å². The number of likely N-dealkylation sites (N-methyl/N-ethyl adjacent to an activating group) is 1. The number of hydrogen-bond donors (Lipinski definition) is 0. The van der Waals surface area contributed by atoms with Crippen LogP contribution in [0.4, 0.5) is 30.8 Å². The van der Waals surface area contributed by atoms with Gasteiger partial charge in [-0.05, 0) is 18.9 Å². The summed E-state index contributed by atoms with van der Waals surface area (Å²) in [5.74, 6) is 1.88. The van der Waals surface area contributed by atoms with Gasteiger partial charge in [0.05, 0.1) is 0 Å². The van der Waals surface area contributed by atoms with Crippen LogP contribution >= 0.6 is 0 Å². The topological polar surface area (TPSA) is 65.7 Å². The number of anilines is 3. The van der Waals surface area contributed by atoms with Gasteiger partial charge in [0.2, 0.25) is 5.95 Å². The normalized spacial score (nSPS) is 17.4. The van der Waals surface area contributed by atoms with Crippen molar-refractivity contribution in [2.45, 2.75) is 25.1 Å². The Morgan fingerprint density at radius 2 is 1.90 bits per heavy atom. The zero-order valence-corrected chi connectivity index (χ0v) is 17.0. The van der Waals surface area contributed by atoms with Gasteiger partial charge in [0.1, 0.15) is 5.82 Å². The third-order valence-corrected chi connectivity index (χ3v) is 5.28. The minimum Gasteiger partial charge on any atom is -0.355 e. The van der Waals surface area contributed by atoms with Gasteiger partial charge >= 0.3 is 6.18 Å². The first kappa shape index (κ1) is 20.2. The quantitative estimate of drug-likeness (QED) is 0.643. The highest BCUT2D eigenvalue weighted by Gasteiger charge is 2.35. The zero-order valence-electron chi connectivity index (χ0n) is 17.0. The smallest absolute Gasteiger partial charge is 0.355 e. The van der Waals surface area contributed by atoms with E-state index >= 15 is 0 Å². The van der Waals surface area contributed by atoms with Gasteiger partial charge in [0.15, 0.2) is 17.2 Å². The molecule has 0 radical (unpaired) electrons.